The molecule has 0 saturated heterocycles. The van der Waals surface area contributed by atoms with Crippen LogP contribution in [0.1, 0.15) is 34.1 Å². The molecule has 1 aliphatic carbocycles. The molecule has 0 spiro atoms. The van der Waals surface area contributed by atoms with E-state index in [0.717, 1.165) is 22.0 Å². The molecule has 4 rings (SSSR count). The fourth-order valence-corrected chi connectivity index (χ4v) is 4.35. The minimum Gasteiger partial charge on any atom is -0.471 e. The Morgan fingerprint density at radius 3 is 2.89 bits per heavy atom. The van der Waals surface area contributed by atoms with E-state index in [2.05, 4.69) is 19.6 Å². The molecule has 0 bridgehead atoms. The summed E-state index contributed by atoms with van der Waals surface area (Å²) in [5.74, 6) is 0.832. The number of pyridine rings is 1. The lowest BCUT2D eigenvalue weighted by Gasteiger charge is -2.14. The second kappa shape index (κ2) is 11.1. The smallest absolute Gasteiger partial charge is 0.469 e. The van der Waals surface area contributed by atoms with Crippen molar-refractivity contribution in [1.29, 1.82) is 0 Å². The number of aromatic nitrogens is 3. The summed E-state index contributed by atoms with van der Waals surface area (Å²) in [6, 6.07) is 5.56. The summed E-state index contributed by atoms with van der Waals surface area (Å²) in [6.07, 6.45) is 9.85. The minimum absolute atomic E-state index is 0.109. The van der Waals surface area contributed by atoms with Crippen LogP contribution in [0.15, 0.2) is 64.3 Å². The molecule has 12 heteroatoms. The maximum absolute atomic E-state index is 10.9. The third kappa shape index (κ3) is 7.45. The lowest BCUT2D eigenvalue weighted by atomic mass is 9.99. The van der Waals surface area contributed by atoms with Gasteiger partial charge in [0.1, 0.15) is 6.61 Å². The van der Waals surface area contributed by atoms with Crippen molar-refractivity contribution in [2.75, 3.05) is 6.61 Å². The second-order valence-corrected chi connectivity index (χ2v) is 10.2. The van der Waals surface area contributed by atoms with Crippen LogP contribution in [0.25, 0.3) is 5.57 Å². The van der Waals surface area contributed by atoms with Crippen molar-refractivity contribution >= 4 is 24.7 Å². The van der Waals surface area contributed by atoms with Crippen LogP contribution in [0, 0.1) is 12.8 Å². The second-order valence-electron chi connectivity index (χ2n) is 7.92. The highest BCUT2D eigenvalue weighted by Crippen LogP contribution is 2.37. The molecular formula is C23H25N4O6PS. The zero-order chi connectivity index (χ0) is 24.8. The highest BCUT2D eigenvalue weighted by atomic mass is 32.1. The van der Waals surface area contributed by atoms with Gasteiger partial charge in [0.2, 0.25) is 5.88 Å². The molecule has 0 aromatic carbocycles. The van der Waals surface area contributed by atoms with Gasteiger partial charge in [-0.1, -0.05) is 29.5 Å². The number of hydrogen-bond donors (Lipinski definition) is 3. The molecule has 1 aliphatic rings. The molecule has 184 valence electrons. The molecule has 0 saturated carbocycles. The van der Waals surface area contributed by atoms with Gasteiger partial charge < -0.3 is 24.8 Å². The number of aryl methyl sites for hydroxylation is 1. The molecule has 35 heavy (non-hydrogen) atoms. The van der Waals surface area contributed by atoms with Crippen molar-refractivity contribution in [3.63, 3.8) is 0 Å². The van der Waals surface area contributed by atoms with Crippen molar-refractivity contribution in [2.45, 2.75) is 26.4 Å². The van der Waals surface area contributed by atoms with E-state index in [0.29, 0.717) is 42.4 Å². The van der Waals surface area contributed by atoms with Crippen LogP contribution in [-0.2, 0) is 22.1 Å². The zero-order valence-corrected chi connectivity index (χ0v) is 20.6. The summed E-state index contributed by atoms with van der Waals surface area (Å²) in [4.78, 5) is 26.5. The first kappa shape index (κ1) is 25.0. The standard InChI is InChI=1S/C23H25N4O6PS/c1-15-26-19(14-35-15)13-31-23-8-6-17(11-25-23)9-18-10-22(33-27-18)20-4-2-3-16(5-7-21(20)24)12-32-34(28,29)30/h2-4,6-8,10-11,14,16H,5,9,12-13,24H2,1H3,(H2,28,29,30)/b3-2-,20-4?,21-7?. The first-order chi connectivity index (χ1) is 16.7. The molecule has 0 amide bonds. The number of ether oxygens (including phenoxy) is 1. The average molecular weight is 517 g/mol. The minimum atomic E-state index is -4.52. The van der Waals surface area contributed by atoms with E-state index in [-0.39, 0.29) is 12.5 Å². The largest absolute Gasteiger partial charge is 0.471 e. The van der Waals surface area contributed by atoms with Crippen LogP contribution in [0.3, 0.4) is 0 Å². The van der Waals surface area contributed by atoms with E-state index < -0.39 is 7.82 Å². The van der Waals surface area contributed by atoms with Crippen LogP contribution in [-0.4, -0.2) is 31.5 Å². The number of thiazole rings is 1. The number of phosphoric ester groups is 1. The molecule has 0 fully saturated rings. The van der Waals surface area contributed by atoms with Crippen LogP contribution in [0.4, 0.5) is 0 Å². The van der Waals surface area contributed by atoms with Crippen molar-refractivity contribution < 1.29 is 28.1 Å². The number of allylic oxidation sites excluding steroid dienone is 4. The van der Waals surface area contributed by atoms with Crippen LogP contribution in [0.5, 0.6) is 5.88 Å². The summed E-state index contributed by atoms with van der Waals surface area (Å²) in [7, 11) is -4.52. The Morgan fingerprint density at radius 2 is 2.17 bits per heavy atom. The van der Waals surface area contributed by atoms with Gasteiger partial charge in [-0.15, -0.1) is 11.3 Å². The van der Waals surface area contributed by atoms with Crippen LogP contribution < -0.4 is 10.5 Å². The number of rotatable bonds is 9. The Morgan fingerprint density at radius 1 is 1.31 bits per heavy atom. The van der Waals surface area contributed by atoms with E-state index in [9.17, 15) is 4.57 Å². The highest BCUT2D eigenvalue weighted by Gasteiger charge is 2.18. The van der Waals surface area contributed by atoms with E-state index in [1.807, 2.05) is 30.5 Å². The molecule has 10 nitrogen and oxygen atoms in total. The van der Waals surface area contributed by atoms with E-state index >= 15 is 0 Å². The number of phosphoric acid groups is 1. The lowest BCUT2D eigenvalue weighted by Crippen LogP contribution is -2.09. The fraction of sp³-hybridized carbons (Fsp3) is 0.261. The topological polar surface area (TPSA) is 154 Å². The molecular weight excluding hydrogens is 491 g/mol. The normalized spacial score (nSPS) is 17.3. The van der Waals surface area contributed by atoms with E-state index in [1.54, 1.807) is 41.8 Å². The van der Waals surface area contributed by atoms with Gasteiger partial charge in [-0.3, -0.25) is 4.52 Å². The Labute approximate surface area is 206 Å². The number of hydrogen-bond acceptors (Lipinski definition) is 9. The van der Waals surface area contributed by atoms with Gasteiger partial charge in [0.25, 0.3) is 0 Å². The Bertz CT molecular complexity index is 1290. The first-order valence-electron chi connectivity index (χ1n) is 10.7. The number of nitrogens with two attached hydrogens (primary N) is 1. The highest BCUT2D eigenvalue weighted by molar-refractivity contribution is 7.46. The van der Waals surface area contributed by atoms with Gasteiger partial charge in [-0.25, -0.2) is 14.5 Å². The molecule has 3 heterocycles. The van der Waals surface area contributed by atoms with Gasteiger partial charge >= 0.3 is 7.82 Å². The summed E-state index contributed by atoms with van der Waals surface area (Å²) in [5, 5.41) is 7.12. The SMILES string of the molecule is Cc1nc(COc2ccc(Cc3cc(C4=C/C=C\C(COP(=O)(O)O)CC=C4N)on3)cn2)cs1. The average Bonchev–Trinajstić information content (AvgIpc) is 3.44. The quantitative estimate of drug-likeness (QED) is 0.357. The van der Waals surface area contributed by atoms with Gasteiger partial charge in [-0.05, 0) is 25.0 Å². The van der Waals surface area contributed by atoms with Crippen molar-refractivity contribution in [1.82, 2.24) is 15.1 Å². The summed E-state index contributed by atoms with van der Waals surface area (Å²) in [5.41, 5.74) is 9.93. The monoisotopic (exact) mass is 516 g/mol. The molecule has 1 atom stereocenters. The Balaban J connectivity index is 1.36. The third-order valence-corrected chi connectivity index (χ3v) is 6.40. The van der Waals surface area contributed by atoms with E-state index in [4.69, 9.17) is 24.8 Å². The molecule has 3 aromatic heterocycles. The maximum atomic E-state index is 10.9. The molecule has 0 aliphatic heterocycles. The number of nitrogens with zero attached hydrogens (tertiary/aromatic N) is 3. The van der Waals surface area contributed by atoms with Crippen LogP contribution in [0.2, 0.25) is 0 Å². The summed E-state index contributed by atoms with van der Waals surface area (Å²) in [6.45, 7) is 2.22. The predicted molar refractivity (Wildman–Crippen MR) is 130 cm³/mol. The van der Waals surface area contributed by atoms with Crippen molar-refractivity contribution in [3.8, 4) is 5.88 Å². The van der Waals surface area contributed by atoms with Gasteiger partial charge in [-0.2, -0.15) is 0 Å². The maximum Gasteiger partial charge on any atom is 0.469 e. The zero-order valence-electron chi connectivity index (χ0n) is 18.9. The van der Waals surface area contributed by atoms with Crippen molar-refractivity contribution in [3.05, 3.63) is 87.5 Å². The predicted octanol–water partition coefficient (Wildman–Crippen LogP) is 3.92. The van der Waals surface area contributed by atoms with E-state index in [1.165, 1.54) is 0 Å². The fourth-order valence-electron chi connectivity index (χ4n) is 3.37. The molecule has 1 unspecified atom stereocenters. The Hall–Kier alpha value is -3.08. The summed E-state index contributed by atoms with van der Waals surface area (Å²) < 4.78 is 26.7. The third-order valence-electron chi connectivity index (χ3n) is 5.10. The Kier molecular flexibility index (Phi) is 7.94. The van der Waals surface area contributed by atoms with Gasteiger partial charge in [0.05, 0.1) is 23.0 Å². The van der Waals surface area contributed by atoms with Crippen LogP contribution >= 0.6 is 19.2 Å². The molecule has 4 N–H and O–H groups in total. The first-order valence-corrected chi connectivity index (χ1v) is 13.2. The van der Waals surface area contributed by atoms with Crippen molar-refractivity contribution in [2.24, 2.45) is 11.7 Å². The molecule has 3 aromatic rings. The lowest BCUT2D eigenvalue weighted by molar-refractivity contribution is 0.180. The summed E-state index contributed by atoms with van der Waals surface area (Å²) >= 11 is 1.58. The van der Waals surface area contributed by atoms with Gasteiger partial charge in [0.15, 0.2) is 5.76 Å². The van der Waals surface area contributed by atoms with Gasteiger partial charge in [0, 0.05) is 47.3 Å². The molecule has 0 radical (unpaired) electrons.